The lowest BCUT2D eigenvalue weighted by Gasteiger charge is -2.04. The predicted molar refractivity (Wildman–Crippen MR) is 82.7 cm³/mol. The lowest BCUT2D eigenvalue weighted by molar-refractivity contribution is 0.738. The highest BCUT2D eigenvalue weighted by Crippen LogP contribution is 2.18. The van der Waals surface area contributed by atoms with Gasteiger partial charge in [0.2, 0.25) is 0 Å². The lowest BCUT2D eigenvalue weighted by Crippen LogP contribution is -2.16. The summed E-state index contributed by atoms with van der Waals surface area (Å²) >= 11 is 3.75. The van der Waals surface area contributed by atoms with E-state index >= 15 is 0 Å². The average molecular weight is 277 g/mol. The van der Waals surface area contributed by atoms with Gasteiger partial charge in [-0.2, -0.15) is 0 Å². The molecule has 0 saturated carbocycles. The third kappa shape index (κ3) is 4.16. The van der Waals surface area contributed by atoms with Crippen molar-refractivity contribution in [3.05, 3.63) is 51.7 Å². The topological polar surface area (TPSA) is 12.0 Å². The molecule has 96 valence electrons. The van der Waals surface area contributed by atoms with Crippen LogP contribution >= 0.6 is 23.1 Å². The molecular weight excluding hydrogens is 258 g/mol. The second-order valence-electron chi connectivity index (χ2n) is 4.37. The molecule has 1 nitrogen and oxygen atoms in total. The van der Waals surface area contributed by atoms with Crippen LogP contribution in [0.1, 0.15) is 16.0 Å². The largest absolute Gasteiger partial charge is 0.311 e. The van der Waals surface area contributed by atoms with Gasteiger partial charge in [0.1, 0.15) is 0 Å². The molecule has 1 aromatic carbocycles. The smallest absolute Gasteiger partial charge is 0.0302 e. The van der Waals surface area contributed by atoms with Crippen LogP contribution in [0.4, 0.5) is 0 Å². The first-order valence-corrected chi connectivity index (χ1v) is 8.05. The van der Waals surface area contributed by atoms with E-state index in [0.717, 1.165) is 18.8 Å². The summed E-state index contributed by atoms with van der Waals surface area (Å²) in [5.74, 6) is 1.12. The van der Waals surface area contributed by atoms with E-state index in [1.807, 2.05) is 23.1 Å². The highest BCUT2D eigenvalue weighted by Gasteiger charge is 1.98. The number of thioether (sulfide) groups is 1. The Bertz CT molecular complexity index is 473. The first kappa shape index (κ1) is 13.7. The molecule has 0 fully saturated rings. The molecule has 0 aliphatic heterocycles. The first-order valence-electron chi connectivity index (χ1n) is 6.19. The molecule has 2 aromatic rings. The third-order valence-corrected chi connectivity index (χ3v) is 4.86. The van der Waals surface area contributed by atoms with Gasteiger partial charge in [0.05, 0.1) is 0 Å². The predicted octanol–water partition coefficient (Wildman–Crippen LogP) is 4.25. The van der Waals surface area contributed by atoms with Crippen LogP contribution in [0.25, 0.3) is 0 Å². The lowest BCUT2D eigenvalue weighted by atomic mass is 10.2. The summed E-state index contributed by atoms with van der Waals surface area (Å²) in [5.41, 5.74) is 2.73. The van der Waals surface area contributed by atoms with Crippen molar-refractivity contribution in [1.29, 1.82) is 0 Å². The summed E-state index contributed by atoms with van der Waals surface area (Å²) in [5, 5.41) is 5.66. The number of rotatable bonds is 6. The van der Waals surface area contributed by atoms with E-state index in [-0.39, 0.29) is 0 Å². The molecule has 0 aliphatic rings. The average Bonchev–Trinajstić information content (AvgIpc) is 2.77. The van der Waals surface area contributed by atoms with Crippen molar-refractivity contribution in [2.24, 2.45) is 0 Å². The Hall–Kier alpha value is -0.770. The fourth-order valence-corrected chi connectivity index (χ4v) is 3.35. The van der Waals surface area contributed by atoms with Gasteiger partial charge in [0, 0.05) is 28.6 Å². The minimum atomic E-state index is 0.998. The van der Waals surface area contributed by atoms with Crippen molar-refractivity contribution in [1.82, 2.24) is 5.32 Å². The van der Waals surface area contributed by atoms with Gasteiger partial charge < -0.3 is 5.32 Å². The molecule has 0 bridgehead atoms. The Balaban J connectivity index is 1.64. The standard InChI is InChI=1S/C15H19NS2/c1-12-3-5-14(6-4-12)17-10-8-16-11-15-13(2)7-9-18-15/h3-7,9,16H,8,10-11H2,1-2H3. The summed E-state index contributed by atoms with van der Waals surface area (Å²) in [6, 6.07) is 10.9. The van der Waals surface area contributed by atoms with Crippen molar-refractivity contribution in [2.75, 3.05) is 12.3 Å². The van der Waals surface area contributed by atoms with Gasteiger partial charge in [0.15, 0.2) is 0 Å². The molecular formula is C15H19NS2. The first-order chi connectivity index (χ1) is 8.75. The number of hydrogen-bond donors (Lipinski definition) is 1. The molecule has 0 amide bonds. The van der Waals surface area contributed by atoms with Gasteiger partial charge >= 0.3 is 0 Å². The van der Waals surface area contributed by atoms with Crippen LogP contribution in [-0.4, -0.2) is 12.3 Å². The van der Waals surface area contributed by atoms with Gasteiger partial charge in [-0.05, 0) is 43.0 Å². The third-order valence-electron chi connectivity index (χ3n) is 2.82. The maximum Gasteiger partial charge on any atom is 0.0302 e. The second-order valence-corrected chi connectivity index (χ2v) is 6.53. The molecule has 0 aliphatic carbocycles. The molecule has 0 atom stereocenters. The molecule has 0 unspecified atom stereocenters. The highest BCUT2D eigenvalue weighted by molar-refractivity contribution is 7.99. The van der Waals surface area contributed by atoms with E-state index in [0.29, 0.717) is 0 Å². The molecule has 18 heavy (non-hydrogen) atoms. The number of hydrogen-bond acceptors (Lipinski definition) is 3. The maximum absolute atomic E-state index is 3.50. The maximum atomic E-state index is 3.50. The number of aryl methyl sites for hydroxylation is 2. The van der Waals surface area contributed by atoms with Crippen molar-refractivity contribution in [3.8, 4) is 0 Å². The monoisotopic (exact) mass is 277 g/mol. The Labute approximate surface area is 118 Å². The van der Waals surface area contributed by atoms with Crippen molar-refractivity contribution in [3.63, 3.8) is 0 Å². The molecule has 1 heterocycles. The van der Waals surface area contributed by atoms with E-state index in [2.05, 4.69) is 54.9 Å². The molecule has 0 radical (unpaired) electrons. The van der Waals surface area contributed by atoms with Crippen molar-refractivity contribution in [2.45, 2.75) is 25.3 Å². The van der Waals surface area contributed by atoms with Crippen LogP contribution in [0.2, 0.25) is 0 Å². The van der Waals surface area contributed by atoms with E-state index in [1.165, 1.54) is 20.9 Å². The minimum absolute atomic E-state index is 0.998. The van der Waals surface area contributed by atoms with E-state index in [1.54, 1.807) is 0 Å². The van der Waals surface area contributed by atoms with Crippen LogP contribution in [-0.2, 0) is 6.54 Å². The Morgan fingerprint density at radius 2 is 1.89 bits per heavy atom. The van der Waals surface area contributed by atoms with E-state index in [9.17, 15) is 0 Å². The zero-order valence-electron chi connectivity index (χ0n) is 10.9. The highest BCUT2D eigenvalue weighted by atomic mass is 32.2. The van der Waals surface area contributed by atoms with Crippen molar-refractivity contribution < 1.29 is 0 Å². The van der Waals surface area contributed by atoms with Gasteiger partial charge in [-0.3, -0.25) is 0 Å². The Morgan fingerprint density at radius 1 is 1.11 bits per heavy atom. The summed E-state index contributed by atoms with van der Waals surface area (Å²) in [7, 11) is 0. The van der Waals surface area contributed by atoms with Gasteiger partial charge in [0.25, 0.3) is 0 Å². The SMILES string of the molecule is Cc1ccc(SCCNCc2sccc2C)cc1. The Morgan fingerprint density at radius 3 is 2.56 bits per heavy atom. The number of thiophene rings is 1. The van der Waals surface area contributed by atoms with Crippen LogP contribution in [0.3, 0.4) is 0 Å². The van der Waals surface area contributed by atoms with Gasteiger partial charge in [-0.15, -0.1) is 23.1 Å². The van der Waals surface area contributed by atoms with Crippen LogP contribution in [0.5, 0.6) is 0 Å². The second kappa shape index (κ2) is 6.98. The minimum Gasteiger partial charge on any atom is -0.311 e. The quantitative estimate of drug-likeness (QED) is 0.626. The molecule has 0 saturated heterocycles. The summed E-state index contributed by atoms with van der Waals surface area (Å²) in [4.78, 5) is 2.81. The number of benzene rings is 1. The van der Waals surface area contributed by atoms with Crippen LogP contribution in [0.15, 0.2) is 40.6 Å². The fraction of sp³-hybridized carbons (Fsp3) is 0.333. The number of nitrogens with one attached hydrogen (secondary N) is 1. The van der Waals surface area contributed by atoms with Gasteiger partial charge in [-0.1, -0.05) is 17.7 Å². The zero-order chi connectivity index (χ0) is 12.8. The molecule has 1 aromatic heterocycles. The fourth-order valence-electron chi connectivity index (χ4n) is 1.66. The van der Waals surface area contributed by atoms with Crippen LogP contribution < -0.4 is 5.32 Å². The van der Waals surface area contributed by atoms with Gasteiger partial charge in [-0.25, -0.2) is 0 Å². The van der Waals surface area contributed by atoms with Crippen LogP contribution in [0, 0.1) is 13.8 Å². The Kier molecular flexibility index (Phi) is 5.29. The zero-order valence-corrected chi connectivity index (χ0v) is 12.5. The summed E-state index contributed by atoms with van der Waals surface area (Å²) in [6.45, 7) is 6.35. The van der Waals surface area contributed by atoms with E-state index in [4.69, 9.17) is 0 Å². The molecule has 3 heteroatoms. The van der Waals surface area contributed by atoms with E-state index < -0.39 is 0 Å². The molecule has 0 spiro atoms. The summed E-state index contributed by atoms with van der Waals surface area (Å²) in [6.07, 6.45) is 0. The summed E-state index contributed by atoms with van der Waals surface area (Å²) < 4.78 is 0. The molecule has 2 rings (SSSR count). The normalized spacial score (nSPS) is 10.8. The van der Waals surface area contributed by atoms with Crippen molar-refractivity contribution >= 4 is 23.1 Å². The molecule has 1 N–H and O–H groups in total.